The van der Waals surface area contributed by atoms with E-state index in [-0.39, 0.29) is 24.6 Å². The van der Waals surface area contributed by atoms with Gasteiger partial charge in [-0.05, 0) is 25.5 Å². The number of amides is 1. The molecule has 0 N–H and O–H groups in total. The first-order valence-corrected chi connectivity index (χ1v) is 8.87. The summed E-state index contributed by atoms with van der Waals surface area (Å²) in [5.74, 6) is 0.722. The van der Waals surface area contributed by atoms with Crippen LogP contribution in [0.1, 0.15) is 23.9 Å². The van der Waals surface area contributed by atoms with E-state index in [1.165, 1.54) is 12.1 Å². The van der Waals surface area contributed by atoms with Gasteiger partial charge in [0, 0.05) is 24.2 Å². The number of aryl methyl sites for hydroxylation is 1. The monoisotopic (exact) mass is 380 g/mol. The van der Waals surface area contributed by atoms with E-state index < -0.39 is 4.92 Å². The van der Waals surface area contributed by atoms with Crippen LogP contribution < -0.4 is 0 Å². The third-order valence-electron chi connectivity index (χ3n) is 4.31. The van der Waals surface area contributed by atoms with Crippen LogP contribution in [0, 0.1) is 17.0 Å². The summed E-state index contributed by atoms with van der Waals surface area (Å²) in [5.41, 5.74) is 2.66. The Morgan fingerprint density at radius 3 is 2.61 bits per heavy atom. The molecule has 0 aliphatic carbocycles. The van der Waals surface area contributed by atoms with Crippen molar-refractivity contribution in [1.82, 2.24) is 15.0 Å². The maximum Gasteiger partial charge on any atom is 0.269 e. The van der Waals surface area contributed by atoms with Crippen LogP contribution in [-0.2, 0) is 17.8 Å². The van der Waals surface area contributed by atoms with Crippen LogP contribution in [0.4, 0.5) is 5.69 Å². The second kappa shape index (κ2) is 8.43. The van der Waals surface area contributed by atoms with E-state index in [4.69, 9.17) is 4.52 Å². The third-order valence-corrected chi connectivity index (χ3v) is 4.31. The van der Waals surface area contributed by atoms with Crippen molar-refractivity contribution in [3.8, 4) is 11.4 Å². The van der Waals surface area contributed by atoms with Crippen molar-refractivity contribution >= 4 is 11.6 Å². The van der Waals surface area contributed by atoms with Gasteiger partial charge >= 0.3 is 0 Å². The standard InChI is InChI=1S/C20H20N4O4/c1-3-23(19(25)12-15-7-9-17(10-8-15)24(26)27)13-18-21-20(22-28-18)16-6-4-5-14(2)11-16/h4-11H,3,12-13H2,1-2H3. The number of carbonyl (C=O) groups is 1. The smallest absolute Gasteiger partial charge is 0.269 e. The highest BCUT2D eigenvalue weighted by Gasteiger charge is 2.17. The molecule has 3 aromatic rings. The van der Waals surface area contributed by atoms with Gasteiger partial charge in [-0.25, -0.2) is 0 Å². The Morgan fingerprint density at radius 1 is 1.21 bits per heavy atom. The molecule has 0 unspecified atom stereocenters. The SMILES string of the molecule is CCN(Cc1nc(-c2cccc(C)c2)no1)C(=O)Cc1ccc([N+](=O)[O-])cc1. The van der Waals surface area contributed by atoms with Gasteiger partial charge in [-0.2, -0.15) is 4.98 Å². The van der Waals surface area contributed by atoms with Gasteiger partial charge in [0.1, 0.15) is 0 Å². The summed E-state index contributed by atoms with van der Waals surface area (Å²) in [4.78, 5) is 28.8. The van der Waals surface area contributed by atoms with Crippen molar-refractivity contribution in [2.24, 2.45) is 0 Å². The highest BCUT2D eigenvalue weighted by atomic mass is 16.6. The summed E-state index contributed by atoms with van der Waals surface area (Å²) in [6, 6.07) is 13.7. The van der Waals surface area contributed by atoms with E-state index >= 15 is 0 Å². The van der Waals surface area contributed by atoms with E-state index in [0.717, 1.165) is 11.1 Å². The zero-order valence-corrected chi connectivity index (χ0v) is 15.7. The lowest BCUT2D eigenvalue weighted by Gasteiger charge is -2.18. The number of non-ortho nitro benzene ring substituents is 1. The molecule has 0 fully saturated rings. The van der Waals surface area contributed by atoms with Crippen molar-refractivity contribution in [2.75, 3.05) is 6.54 Å². The predicted molar refractivity (Wildman–Crippen MR) is 102 cm³/mol. The highest BCUT2D eigenvalue weighted by Crippen LogP contribution is 2.18. The molecule has 0 saturated heterocycles. The summed E-state index contributed by atoms with van der Waals surface area (Å²) >= 11 is 0. The minimum Gasteiger partial charge on any atom is -0.337 e. The molecule has 0 bridgehead atoms. The third kappa shape index (κ3) is 4.59. The molecule has 28 heavy (non-hydrogen) atoms. The average molecular weight is 380 g/mol. The van der Waals surface area contributed by atoms with Gasteiger partial charge in [-0.15, -0.1) is 0 Å². The minimum atomic E-state index is -0.467. The van der Waals surface area contributed by atoms with E-state index in [2.05, 4.69) is 10.1 Å². The summed E-state index contributed by atoms with van der Waals surface area (Å²) < 4.78 is 5.30. The number of nitro groups is 1. The maximum atomic E-state index is 12.6. The van der Waals surface area contributed by atoms with Crippen LogP contribution in [0.5, 0.6) is 0 Å². The zero-order valence-electron chi connectivity index (χ0n) is 15.7. The highest BCUT2D eigenvalue weighted by molar-refractivity contribution is 5.78. The maximum absolute atomic E-state index is 12.6. The lowest BCUT2D eigenvalue weighted by molar-refractivity contribution is -0.384. The van der Waals surface area contributed by atoms with Gasteiger partial charge in [0.15, 0.2) is 0 Å². The van der Waals surface area contributed by atoms with Crippen molar-refractivity contribution in [2.45, 2.75) is 26.8 Å². The summed E-state index contributed by atoms with van der Waals surface area (Å²) in [6.07, 6.45) is 0.144. The van der Waals surface area contributed by atoms with Crippen molar-refractivity contribution in [3.63, 3.8) is 0 Å². The number of hydrogen-bond acceptors (Lipinski definition) is 6. The van der Waals surface area contributed by atoms with Gasteiger partial charge < -0.3 is 9.42 Å². The van der Waals surface area contributed by atoms with E-state index in [1.807, 2.05) is 38.1 Å². The van der Waals surface area contributed by atoms with Crippen molar-refractivity contribution in [3.05, 3.63) is 75.7 Å². The quantitative estimate of drug-likeness (QED) is 0.459. The number of benzene rings is 2. The molecule has 1 aromatic heterocycles. The topological polar surface area (TPSA) is 102 Å². The molecule has 0 saturated carbocycles. The van der Waals surface area contributed by atoms with Gasteiger partial charge in [0.2, 0.25) is 17.6 Å². The molecule has 8 nitrogen and oxygen atoms in total. The Kier molecular flexibility index (Phi) is 5.78. The largest absolute Gasteiger partial charge is 0.337 e. The first kappa shape index (κ1) is 19.2. The Morgan fingerprint density at radius 2 is 1.96 bits per heavy atom. The molecule has 0 atom stereocenters. The van der Waals surface area contributed by atoms with Crippen LogP contribution in [0.25, 0.3) is 11.4 Å². The molecule has 0 aliphatic rings. The lowest BCUT2D eigenvalue weighted by Crippen LogP contribution is -2.31. The Bertz CT molecular complexity index is 982. The number of nitro benzene ring substituents is 1. The van der Waals surface area contributed by atoms with Gasteiger partial charge in [-0.1, -0.05) is 41.1 Å². The number of aromatic nitrogens is 2. The fourth-order valence-corrected chi connectivity index (χ4v) is 2.78. The normalized spacial score (nSPS) is 10.6. The number of hydrogen-bond donors (Lipinski definition) is 0. The zero-order chi connectivity index (χ0) is 20.1. The first-order valence-electron chi connectivity index (χ1n) is 8.87. The molecular weight excluding hydrogens is 360 g/mol. The van der Waals surface area contributed by atoms with Crippen molar-refractivity contribution < 1.29 is 14.2 Å². The molecule has 2 aromatic carbocycles. The molecule has 0 radical (unpaired) electrons. The molecule has 1 amide bonds. The van der Waals surface area contributed by atoms with Crippen LogP contribution in [0.2, 0.25) is 0 Å². The van der Waals surface area contributed by atoms with Gasteiger partial charge in [0.05, 0.1) is 17.9 Å². The number of nitrogens with zero attached hydrogens (tertiary/aromatic N) is 4. The van der Waals surface area contributed by atoms with Crippen LogP contribution in [0.15, 0.2) is 53.1 Å². The number of rotatable bonds is 7. The Balaban J connectivity index is 1.66. The lowest BCUT2D eigenvalue weighted by atomic mass is 10.1. The summed E-state index contributed by atoms with van der Waals surface area (Å²) in [6.45, 7) is 4.54. The van der Waals surface area contributed by atoms with E-state index in [0.29, 0.717) is 23.8 Å². The summed E-state index contributed by atoms with van der Waals surface area (Å²) in [5, 5.41) is 14.7. The minimum absolute atomic E-state index is 0.00177. The van der Waals surface area contributed by atoms with Crippen LogP contribution in [-0.4, -0.2) is 32.4 Å². The molecular formula is C20H20N4O4. The van der Waals surface area contributed by atoms with E-state index in [9.17, 15) is 14.9 Å². The molecule has 3 rings (SSSR count). The molecule has 144 valence electrons. The molecule has 0 aliphatic heterocycles. The fourth-order valence-electron chi connectivity index (χ4n) is 2.78. The van der Waals surface area contributed by atoms with Gasteiger partial charge in [-0.3, -0.25) is 14.9 Å². The Labute approximate surface area is 161 Å². The molecule has 1 heterocycles. The second-order valence-corrected chi connectivity index (χ2v) is 6.39. The first-order chi connectivity index (χ1) is 13.5. The fraction of sp³-hybridized carbons (Fsp3) is 0.250. The van der Waals surface area contributed by atoms with Crippen LogP contribution >= 0.6 is 0 Å². The van der Waals surface area contributed by atoms with Gasteiger partial charge in [0.25, 0.3) is 5.69 Å². The molecule has 0 spiro atoms. The summed E-state index contributed by atoms with van der Waals surface area (Å²) in [7, 11) is 0. The van der Waals surface area contributed by atoms with Crippen LogP contribution in [0.3, 0.4) is 0 Å². The second-order valence-electron chi connectivity index (χ2n) is 6.39. The van der Waals surface area contributed by atoms with Crippen molar-refractivity contribution in [1.29, 1.82) is 0 Å². The number of likely N-dealkylation sites (N-methyl/N-ethyl adjacent to an activating group) is 1. The Hall–Kier alpha value is -3.55. The van der Waals surface area contributed by atoms with E-state index in [1.54, 1.807) is 17.0 Å². The average Bonchev–Trinajstić information content (AvgIpc) is 3.15. The molecule has 8 heteroatoms. The number of carbonyl (C=O) groups excluding carboxylic acids is 1. The predicted octanol–water partition coefficient (Wildman–Crippen LogP) is 3.54.